The number of thiazole rings is 1. The Hall–Kier alpha value is -2.35. The fraction of sp³-hybridized carbons (Fsp3) is 0. The number of hydrogen-bond acceptors (Lipinski definition) is 4. The van der Waals surface area contributed by atoms with Crippen molar-refractivity contribution in [3.8, 4) is 0 Å². The number of fused-ring (bicyclic) bond motifs is 1. The molecular formula is C17H11ClFN3OS2. The molecule has 8 heteroatoms. The lowest BCUT2D eigenvalue weighted by Gasteiger charge is -2.04. The normalized spacial score (nSPS) is 11.0. The Morgan fingerprint density at radius 2 is 2.00 bits per heavy atom. The number of carbonyl (C=O) groups excluding carboxylic acids is 1. The summed E-state index contributed by atoms with van der Waals surface area (Å²) in [6, 6.07) is 11.4. The maximum atomic E-state index is 13.2. The predicted octanol–water partition coefficient (Wildman–Crippen LogP) is 4.62. The monoisotopic (exact) mass is 391 g/mol. The molecule has 1 amide bonds. The summed E-state index contributed by atoms with van der Waals surface area (Å²) in [4.78, 5) is 16.2. The van der Waals surface area contributed by atoms with Crippen molar-refractivity contribution in [2.45, 2.75) is 0 Å². The van der Waals surface area contributed by atoms with Crippen LogP contribution >= 0.6 is 35.2 Å². The average Bonchev–Trinajstić information content (AvgIpc) is 2.95. The van der Waals surface area contributed by atoms with Gasteiger partial charge in [0.15, 0.2) is 10.2 Å². The highest BCUT2D eigenvalue weighted by Gasteiger charge is 2.07. The van der Waals surface area contributed by atoms with E-state index in [0.29, 0.717) is 20.4 Å². The summed E-state index contributed by atoms with van der Waals surface area (Å²) in [5.74, 6) is -0.703. The van der Waals surface area contributed by atoms with Gasteiger partial charge in [0.2, 0.25) is 5.91 Å². The molecule has 0 unspecified atom stereocenters. The molecule has 0 fully saturated rings. The van der Waals surface area contributed by atoms with Gasteiger partial charge >= 0.3 is 0 Å². The van der Waals surface area contributed by atoms with Crippen LogP contribution in [-0.4, -0.2) is 16.0 Å². The number of carbonyl (C=O) groups is 1. The van der Waals surface area contributed by atoms with E-state index in [2.05, 4.69) is 15.6 Å². The minimum atomic E-state index is -0.375. The first-order valence-corrected chi connectivity index (χ1v) is 8.71. The van der Waals surface area contributed by atoms with Gasteiger partial charge in [-0.15, -0.1) is 0 Å². The first-order chi connectivity index (χ1) is 12.0. The highest BCUT2D eigenvalue weighted by Crippen LogP contribution is 2.26. The SMILES string of the molecule is O=C(/C=C/c1ccc(Cl)cc1)NC(=S)Nc1nc2ccc(F)cc2s1. The summed E-state index contributed by atoms with van der Waals surface area (Å²) in [5, 5.41) is 6.57. The Morgan fingerprint density at radius 3 is 2.76 bits per heavy atom. The molecule has 3 rings (SSSR count). The molecule has 2 N–H and O–H groups in total. The summed E-state index contributed by atoms with van der Waals surface area (Å²) < 4.78 is 13.9. The lowest BCUT2D eigenvalue weighted by atomic mass is 10.2. The first-order valence-electron chi connectivity index (χ1n) is 7.11. The molecule has 1 heterocycles. The third kappa shape index (κ3) is 4.82. The number of halogens is 2. The molecule has 0 spiro atoms. The van der Waals surface area contributed by atoms with Crippen molar-refractivity contribution in [1.82, 2.24) is 10.3 Å². The zero-order valence-corrected chi connectivity index (χ0v) is 15.0. The molecule has 3 aromatic rings. The number of amides is 1. The molecule has 0 bridgehead atoms. The molecular weight excluding hydrogens is 381 g/mol. The van der Waals surface area contributed by atoms with Crippen molar-refractivity contribution in [3.63, 3.8) is 0 Å². The molecule has 25 heavy (non-hydrogen) atoms. The van der Waals surface area contributed by atoms with Gasteiger partial charge in [-0.25, -0.2) is 9.37 Å². The number of benzene rings is 2. The van der Waals surface area contributed by atoms with E-state index >= 15 is 0 Å². The van der Waals surface area contributed by atoms with Gasteiger partial charge in [0, 0.05) is 11.1 Å². The van der Waals surface area contributed by atoms with Crippen LogP contribution in [0.5, 0.6) is 0 Å². The van der Waals surface area contributed by atoms with Crippen LogP contribution in [0.25, 0.3) is 16.3 Å². The molecule has 0 aliphatic rings. The lowest BCUT2D eigenvalue weighted by Crippen LogP contribution is -2.32. The van der Waals surface area contributed by atoms with Crippen molar-refractivity contribution >= 4 is 67.6 Å². The minimum absolute atomic E-state index is 0.116. The largest absolute Gasteiger partial charge is 0.308 e. The van der Waals surface area contributed by atoms with Crippen molar-refractivity contribution in [2.24, 2.45) is 0 Å². The molecule has 2 aromatic carbocycles. The summed E-state index contributed by atoms with van der Waals surface area (Å²) in [6.45, 7) is 0. The third-order valence-corrected chi connectivity index (χ3v) is 4.49. The van der Waals surface area contributed by atoms with Crippen LogP contribution in [0.2, 0.25) is 5.02 Å². The van der Waals surface area contributed by atoms with E-state index < -0.39 is 0 Å². The minimum Gasteiger partial charge on any atom is -0.308 e. The lowest BCUT2D eigenvalue weighted by molar-refractivity contribution is -0.115. The van der Waals surface area contributed by atoms with E-state index in [9.17, 15) is 9.18 Å². The van der Waals surface area contributed by atoms with Crippen LogP contribution < -0.4 is 10.6 Å². The average molecular weight is 392 g/mol. The Labute approximate surface area is 157 Å². The summed E-state index contributed by atoms with van der Waals surface area (Å²) in [7, 11) is 0. The Kier molecular flexibility index (Phi) is 5.37. The maximum absolute atomic E-state index is 13.2. The van der Waals surface area contributed by atoms with Crippen LogP contribution in [0.15, 0.2) is 48.5 Å². The molecule has 1 aromatic heterocycles. The second-order valence-corrected chi connectivity index (χ2v) is 6.83. The standard InChI is InChI=1S/C17H11ClFN3OS2/c18-11-4-1-10(2-5-11)3-8-15(23)21-16(24)22-17-20-13-7-6-12(19)9-14(13)25-17/h1-9H,(H2,20,21,22,23,24)/b8-3+. The van der Waals surface area contributed by atoms with Crippen molar-refractivity contribution in [1.29, 1.82) is 0 Å². The Balaban J connectivity index is 1.59. The zero-order chi connectivity index (χ0) is 17.8. The zero-order valence-electron chi connectivity index (χ0n) is 12.6. The predicted molar refractivity (Wildman–Crippen MR) is 104 cm³/mol. The number of aromatic nitrogens is 1. The molecule has 0 saturated carbocycles. The topological polar surface area (TPSA) is 54.0 Å². The van der Waals surface area contributed by atoms with Crippen molar-refractivity contribution in [3.05, 3.63) is 64.9 Å². The smallest absolute Gasteiger partial charge is 0.250 e. The van der Waals surface area contributed by atoms with E-state index in [1.54, 1.807) is 36.4 Å². The molecule has 0 radical (unpaired) electrons. The molecule has 4 nitrogen and oxygen atoms in total. The second-order valence-electron chi connectivity index (χ2n) is 4.96. The van der Waals surface area contributed by atoms with Gasteiger partial charge in [-0.3, -0.25) is 10.1 Å². The highest BCUT2D eigenvalue weighted by atomic mass is 35.5. The third-order valence-electron chi connectivity index (χ3n) is 3.10. The highest BCUT2D eigenvalue weighted by molar-refractivity contribution is 7.80. The van der Waals surface area contributed by atoms with Crippen LogP contribution in [-0.2, 0) is 4.79 Å². The van der Waals surface area contributed by atoms with Crippen LogP contribution in [0.1, 0.15) is 5.56 Å². The second kappa shape index (κ2) is 7.69. The van der Waals surface area contributed by atoms with Gasteiger partial charge in [-0.2, -0.15) is 0 Å². The van der Waals surface area contributed by atoms with Gasteiger partial charge in [-0.1, -0.05) is 35.1 Å². The van der Waals surface area contributed by atoms with Crippen molar-refractivity contribution < 1.29 is 9.18 Å². The maximum Gasteiger partial charge on any atom is 0.250 e. The summed E-state index contributed by atoms with van der Waals surface area (Å²) in [6.07, 6.45) is 3.01. The number of thiocarbonyl (C=S) groups is 1. The molecule has 0 aliphatic heterocycles. The fourth-order valence-corrected chi connectivity index (χ4v) is 3.26. The molecule has 0 atom stereocenters. The van der Waals surface area contributed by atoms with E-state index in [1.165, 1.54) is 29.5 Å². The van der Waals surface area contributed by atoms with Gasteiger partial charge in [0.1, 0.15) is 5.82 Å². The van der Waals surface area contributed by atoms with E-state index in [-0.39, 0.29) is 16.8 Å². The Bertz CT molecular complexity index is 970. The van der Waals surface area contributed by atoms with Gasteiger partial charge in [0.25, 0.3) is 0 Å². The van der Waals surface area contributed by atoms with Crippen LogP contribution in [0.4, 0.5) is 9.52 Å². The number of nitrogens with zero attached hydrogens (tertiary/aromatic N) is 1. The van der Waals surface area contributed by atoms with E-state index in [0.717, 1.165) is 5.56 Å². The number of anilines is 1. The summed E-state index contributed by atoms with van der Waals surface area (Å²) >= 11 is 12.1. The van der Waals surface area contributed by atoms with Gasteiger partial charge < -0.3 is 5.32 Å². The number of rotatable bonds is 3. The number of hydrogen-bond donors (Lipinski definition) is 2. The molecule has 0 saturated heterocycles. The van der Waals surface area contributed by atoms with E-state index in [1.807, 2.05) is 0 Å². The Morgan fingerprint density at radius 1 is 1.24 bits per heavy atom. The fourth-order valence-electron chi connectivity index (χ4n) is 1.98. The summed E-state index contributed by atoms with van der Waals surface area (Å²) in [5.41, 5.74) is 1.50. The van der Waals surface area contributed by atoms with Crippen LogP contribution in [0.3, 0.4) is 0 Å². The van der Waals surface area contributed by atoms with Gasteiger partial charge in [-0.05, 0) is 54.2 Å². The molecule has 0 aliphatic carbocycles. The number of nitrogens with one attached hydrogen (secondary N) is 2. The van der Waals surface area contributed by atoms with Crippen LogP contribution in [0, 0.1) is 5.82 Å². The molecule has 126 valence electrons. The van der Waals surface area contributed by atoms with Crippen molar-refractivity contribution in [2.75, 3.05) is 5.32 Å². The van der Waals surface area contributed by atoms with Gasteiger partial charge in [0.05, 0.1) is 10.2 Å². The first kappa shape index (κ1) is 17.5. The quantitative estimate of drug-likeness (QED) is 0.505. The van der Waals surface area contributed by atoms with E-state index in [4.69, 9.17) is 23.8 Å².